The molecule has 1 fully saturated rings. The number of nitrogens with one attached hydrogen (secondary N) is 1. The highest BCUT2D eigenvalue weighted by atomic mass is 16.5. The van der Waals surface area contributed by atoms with Crippen LogP contribution in [0.5, 0.6) is 0 Å². The molecule has 1 saturated heterocycles. The maximum absolute atomic E-state index is 10.7. The Labute approximate surface area is 139 Å². The minimum Gasteiger partial charge on any atom is -0.388 e. The summed E-state index contributed by atoms with van der Waals surface area (Å²) in [6, 6.07) is 10.6. The number of nitrogens with zero attached hydrogens (tertiary/aromatic N) is 1. The van der Waals surface area contributed by atoms with Crippen molar-refractivity contribution in [2.75, 3.05) is 53.1 Å². The van der Waals surface area contributed by atoms with Gasteiger partial charge in [0.05, 0.1) is 25.4 Å². The first-order chi connectivity index (χ1) is 11.1. The minimum atomic E-state index is -0.764. The molecule has 0 bridgehead atoms. The van der Waals surface area contributed by atoms with Crippen molar-refractivity contribution >= 4 is 0 Å². The standard InChI is InChI=1S/C18H30N2O3/c1-18(21,15-20-8-10-23-11-9-20)14-19-17(13-22-2)12-16-6-4-3-5-7-16/h3-7,17,19,21H,8-15H2,1-2H3/t17-,18+/m0/s1. The molecular formula is C18H30N2O3. The fourth-order valence-electron chi connectivity index (χ4n) is 2.95. The second-order valence-electron chi connectivity index (χ2n) is 6.61. The van der Waals surface area contributed by atoms with Crippen molar-refractivity contribution in [2.24, 2.45) is 0 Å². The molecular weight excluding hydrogens is 292 g/mol. The molecule has 0 aliphatic carbocycles. The van der Waals surface area contributed by atoms with Crippen molar-refractivity contribution in [3.05, 3.63) is 35.9 Å². The van der Waals surface area contributed by atoms with E-state index < -0.39 is 5.60 Å². The summed E-state index contributed by atoms with van der Waals surface area (Å²) in [6.07, 6.45) is 0.891. The van der Waals surface area contributed by atoms with Gasteiger partial charge in [-0.3, -0.25) is 4.90 Å². The van der Waals surface area contributed by atoms with Crippen molar-refractivity contribution in [2.45, 2.75) is 25.0 Å². The van der Waals surface area contributed by atoms with Gasteiger partial charge in [0.25, 0.3) is 0 Å². The van der Waals surface area contributed by atoms with Crippen molar-refractivity contribution in [1.82, 2.24) is 10.2 Å². The van der Waals surface area contributed by atoms with Gasteiger partial charge in [0.2, 0.25) is 0 Å². The molecule has 1 aromatic carbocycles. The molecule has 1 heterocycles. The predicted octanol–water partition coefficient (Wildman–Crippen LogP) is 0.917. The molecule has 1 aliphatic rings. The van der Waals surface area contributed by atoms with Crippen LogP contribution in [-0.4, -0.2) is 74.8 Å². The van der Waals surface area contributed by atoms with Crippen LogP contribution in [0.3, 0.4) is 0 Å². The van der Waals surface area contributed by atoms with Crippen LogP contribution in [0.25, 0.3) is 0 Å². The van der Waals surface area contributed by atoms with Gasteiger partial charge < -0.3 is 19.9 Å². The van der Waals surface area contributed by atoms with Gasteiger partial charge in [-0.15, -0.1) is 0 Å². The summed E-state index contributed by atoms with van der Waals surface area (Å²) in [7, 11) is 1.71. The van der Waals surface area contributed by atoms with E-state index in [9.17, 15) is 5.11 Å². The Hall–Kier alpha value is -0.980. The molecule has 0 saturated carbocycles. The highest BCUT2D eigenvalue weighted by Crippen LogP contribution is 2.09. The smallest absolute Gasteiger partial charge is 0.0869 e. The Morgan fingerprint density at radius 1 is 1.30 bits per heavy atom. The summed E-state index contributed by atoms with van der Waals surface area (Å²) >= 11 is 0. The lowest BCUT2D eigenvalue weighted by Crippen LogP contribution is -2.52. The number of hydrogen-bond acceptors (Lipinski definition) is 5. The zero-order valence-electron chi connectivity index (χ0n) is 14.3. The lowest BCUT2D eigenvalue weighted by molar-refractivity contribution is -0.0238. The highest BCUT2D eigenvalue weighted by molar-refractivity contribution is 5.16. The van der Waals surface area contributed by atoms with Crippen LogP contribution in [0.2, 0.25) is 0 Å². The molecule has 2 rings (SSSR count). The van der Waals surface area contributed by atoms with E-state index in [0.717, 1.165) is 32.7 Å². The second kappa shape index (κ2) is 9.35. The number of morpholine rings is 1. The van der Waals surface area contributed by atoms with E-state index >= 15 is 0 Å². The van der Waals surface area contributed by atoms with Gasteiger partial charge in [-0.05, 0) is 18.9 Å². The fraction of sp³-hybridized carbons (Fsp3) is 0.667. The highest BCUT2D eigenvalue weighted by Gasteiger charge is 2.26. The van der Waals surface area contributed by atoms with E-state index in [1.807, 2.05) is 25.1 Å². The molecule has 0 amide bonds. The van der Waals surface area contributed by atoms with E-state index in [0.29, 0.717) is 19.7 Å². The Morgan fingerprint density at radius 3 is 2.65 bits per heavy atom. The van der Waals surface area contributed by atoms with Crippen molar-refractivity contribution in [3.8, 4) is 0 Å². The zero-order chi connectivity index (χ0) is 16.5. The van der Waals surface area contributed by atoms with Crippen LogP contribution >= 0.6 is 0 Å². The summed E-state index contributed by atoms with van der Waals surface area (Å²) in [4.78, 5) is 2.26. The summed E-state index contributed by atoms with van der Waals surface area (Å²) < 4.78 is 10.7. The first-order valence-electron chi connectivity index (χ1n) is 8.38. The molecule has 5 heteroatoms. The van der Waals surface area contributed by atoms with Gasteiger partial charge in [-0.1, -0.05) is 30.3 Å². The molecule has 1 aliphatic heterocycles. The van der Waals surface area contributed by atoms with Crippen LogP contribution in [0.4, 0.5) is 0 Å². The van der Waals surface area contributed by atoms with Gasteiger partial charge >= 0.3 is 0 Å². The number of ether oxygens (including phenoxy) is 2. The Kier molecular flexibility index (Phi) is 7.46. The van der Waals surface area contributed by atoms with Crippen LogP contribution in [-0.2, 0) is 15.9 Å². The molecule has 130 valence electrons. The van der Waals surface area contributed by atoms with E-state index in [-0.39, 0.29) is 6.04 Å². The summed E-state index contributed by atoms with van der Waals surface area (Å²) in [5, 5.41) is 14.1. The number of benzene rings is 1. The maximum Gasteiger partial charge on any atom is 0.0869 e. The molecule has 1 aromatic rings. The first kappa shape index (κ1) is 18.4. The monoisotopic (exact) mass is 322 g/mol. The largest absolute Gasteiger partial charge is 0.388 e. The quantitative estimate of drug-likeness (QED) is 0.708. The zero-order valence-corrected chi connectivity index (χ0v) is 14.3. The number of β-amino-alcohol motifs (C(OH)–C–C–N with tert-alkyl or cyclic N) is 1. The third-order valence-corrected chi connectivity index (χ3v) is 4.13. The topological polar surface area (TPSA) is 54.0 Å². The lowest BCUT2D eigenvalue weighted by Gasteiger charge is -2.35. The summed E-state index contributed by atoms with van der Waals surface area (Å²) in [6.45, 7) is 7.01. The minimum absolute atomic E-state index is 0.193. The third kappa shape index (κ3) is 6.97. The lowest BCUT2D eigenvalue weighted by atomic mass is 10.0. The first-order valence-corrected chi connectivity index (χ1v) is 8.38. The molecule has 0 spiro atoms. The number of rotatable bonds is 9. The van der Waals surface area contributed by atoms with Crippen LogP contribution in [0.15, 0.2) is 30.3 Å². The molecule has 2 N–H and O–H groups in total. The number of aliphatic hydroxyl groups is 1. The normalized spacial score (nSPS) is 20.1. The maximum atomic E-state index is 10.7. The molecule has 0 unspecified atom stereocenters. The Bertz CT molecular complexity index is 433. The summed E-state index contributed by atoms with van der Waals surface area (Å²) in [5.41, 5.74) is 0.509. The molecule has 5 nitrogen and oxygen atoms in total. The van der Waals surface area contributed by atoms with Crippen LogP contribution < -0.4 is 5.32 Å². The van der Waals surface area contributed by atoms with Crippen LogP contribution in [0, 0.1) is 0 Å². The molecule has 2 atom stereocenters. The fourth-order valence-corrected chi connectivity index (χ4v) is 2.95. The van der Waals surface area contributed by atoms with Gasteiger partial charge in [0, 0.05) is 39.3 Å². The van der Waals surface area contributed by atoms with Crippen LogP contribution in [0.1, 0.15) is 12.5 Å². The second-order valence-corrected chi connectivity index (χ2v) is 6.61. The van der Waals surface area contributed by atoms with E-state index in [4.69, 9.17) is 9.47 Å². The molecule has 23 heavy (non-hydrogen) atoms. The van der Waals surface area contributed by atoms with E-state index in [1.54, 1.807) is 7.11 Å². The third-order valence-electron chi connectivity index (χ3n) is 4.13. The Balaban J connectivity index is 1.81. The van der Waals surface area contributed by atoms with Gasteiger partial charge in [-0.25, -0.2) is 0 Å². The van der Waals surface area contributed by atoms with Crippen molar-refractivity contribution < 1.29 is 14.6 Å². The van der Waals surface area contributed by atoms with E-state index in [2.05, 4.69) is 22.3 Å². The number of hydrogen-bond donors (Lipinski definition) is 2. The van der Waals surface area contributed by atoms with Gasteiger partial charge in [-0.2, -0.15) is 0 Å². The SMILES string of the molecule is COC[C@H](Cc1ccccc1)NC[C@@](C)(O)CN1CCOCC1. The van der Waals surface area contributed by atoms with Gasteiger partial charge in [0.1, 0.15) is 0 Å². The van der Waals surface area contributed by atoms with E-state index in [1.165, 1.54) is 5.56 Å². The average Bonchev–Trinajstić information content (AvgIpc) is 2.54. The molecule has 0 radical (unpaired) electrons. The van der Waals surface area contributed by atoms with Crippen molar-refractivity contribution in [1.29, 1.82) is 0 Å². The van der Waals surface area contributed by atoms with Gasteiger partial charge in [0.15, 0.2) is 0 Å². The Morgan fingerprint density at radius 2 is 2.00 bits per heavy atom. The number of methoxy groups -OCH3 is 1. The summed E-state index contributed by atoms with van der Waals surface area (Å²) in [5.74, 6) is 0. The molecule has 0 aromatic heterocycles. The predicted molar refractivity (Wildman–Crippen MR) is 91.7 cm³/mol. The van der Waals surface area contributed by atoms with Crippen molar-refractivity contribution in [3.63, 3.8) is 0 Å². The average molecular weight is 322 g/mol.